The molecule has 2 N–H and O–H groups in total. The summed E-state index contributed by atoms with van der Waals surface area (Å²) in [6.07, 6.45) is -3.10. The van der Waals surface area contributed by atoms with Crippen molar-refractivity contribution in [2.75, 3.05) is 11.0 Å². The number of fused-ring (bicyclic) bond motifs is 4. The fraction of sp³-hybridized carbons (Fsp3) is 0.270. The summed E-state index contributed by atoms with van der Waals surface area (Å²) in [5.74, 6) is -5.54. The molecule has 2 aromatic carbocycles. The maximum Gasteiger partial charge on any atom is 0.435 e. The molecule has 0 unspecified atom stereocenters. The van der Waals surface area contributed by atoms with Crippen LogP contribution in [0.4, 0.5) is 36.6 Å². The number of hydrogen-bond donors (Lipinski definition) is 2. The number of carbonyl (C=O) groups excluding carboxylic acids is 1. The maximum absolute atomic E-state index is 15.6. The second kappa shape index (κ2) is 13.6. The first-order valence-corrected chi connectivity index (χ1v) is 19.4. The predicted molar refractivity (Wildman–Crippen MR) is 196 cm³/mol. The topological polar surface area (TPSA) is 142 Å². The van der Waals surface area contributed by atoms with Crippen LogP contribution in [0.15, 0.2) is 54.7 Å². The minimum atomic E-state index is -5.14. The molecule has 0 saturated carbocycles. The van der Waals surface area contributed by atoms with Gasteiger partial charge in [-0.25, -0.2) is 22.2 Å². The molecule has 12 nitrogen and oxygen atoms in total. The molecule has 0 saturated heterocycles. The van der Waals surface area contributed by atoms with Gasteiger partial charge in [0.1, 0.15) is 29.8 Å². The molecule has 21 heteroatoms. The van der Waals surface area contributed by atoms with Gasteiger partial charge in [-0.05, 0) is 42.3 Å². The van der Waals surface area contributed by atoms with Crippen LogP contribution in [0.3, 0.4) is 0 Å². The molecular weight excluding hydrogens is 819 g/mol. The fourth-order valence-electron chi connectivity index (χ4n) is 7.52. The van der Waals surface area contributed by atoms with Gasteiger partial charge < -0.3 is 5.32 Å². The molecule has 4 aromatic heterocycles. The third-order valence-corrected chi connectivity index (χ3v) is 10.7. The molecule has 300 valence electrons. The third-order valence-electron chi connectivity index (χ3n) is 9.84. The summed E-state index contributed by atoms with van der Waals surface area (Å²) in [4.78, 5) is 18.9. The van der Waals surface area contributed by atoms with E-state index in [1.807, 2.05) is 0 Å². The van der Waals surface area contributed by atoms with Gasteiger partial charge in [-0.1, -0.05) is 35.6 Å². The minimum Gasteiger partial charge on any atom is -0.346 e. The number of amides is 1. The number of benzene rings is 2. The summed E-state index contributed by atoms with van der Waals surface area (Å²) in [7, 11) is -0.687. The van der Waals surface area contributed by atoms with Crippen molar-refractivity contribution in [3.8, 4) is 34.4 Å². The second-order valence-electron chi connectivity index (χ2n) is 13.9. The number of carbonyl (C=O) groups is 1. The van der Waals surface area contributed by atoms with E-state index in [-0.39, 0.29) is 39.5 Å². The Kier molecular flexibility index (Phi) is 9.11. The van der Waals surface area contributed by atoms with E-state index in [0.29, 0.717) is 33.2 Å². The van der Waals surface area contributed by atoms with Gasteiger partial charge in [0.2, 0.25) is 15.9 Å². The number of sulfonamides is 1. The largest absolute Gasteiger partial charge is 0.435 e. The highest BCUT2D eigenvalue weighted by Gasteiger charge is 2.62. The smallest absolute Gasteiger partial charge is 0.346 e. The summed E-state index contributed by atoms with van der Waals surface area (Å²) in [5, 5.41) is 14.9. The van der Waals surface area contributed by atoms with Gasteiger partial charge in [0.15, 0.2) is 11.5 Å². The molecular formula is C37H27ClF7N9O3S. The Balaban J connectivity index is 1.29. The van der Waals surface area contributed by atoms with Crippen molar-refractivity contribution in [1.82, 2.24) is 39.6 Å². The average molecular weight is 846 g/mol. The number of rotatable bonds is 10. The molecule has 1 amide bonds. The first-order chi connectivity index (χ1) is 27.2. The molecule has 0 aliphatic heterocycles. The monoisotopic (exact) mass is 845 g/mol. The number of aromatic nitrogens is 7. The standard InChI is InChI=1S/C37H27ClF7N9O3S/c1-52-27(10-11-46-52)25-9-6-20(21-5-8-24(38)30-32(21)53(2)50-35(30)51-58(3,56)57)31(48-25)26(14-17-12-18(39)15-19(40)13-17)47-28(55)16-54-34-29(33(49-54)37(43,44)45)22-4-7-23(22)36(34,41)42/h5-6,8-13,15,22-23,26H,14,16H2,1-3H3,(H,47,55)(H,50,51)/t22-,23+,26-/m0/s1. The van der Waals surface area contributed by atoms with Crippen LogP contribution in [0, 0.1) is 29.4 Å². The highest BCUT2D eigenvalue weighted by molar-refractivity contribution is 7.92. The maximum atomic E-state index is 15.6. The molecule has 0 fully saturated rings. The van der Waals surface area contributed by atoms with Crippen molar-refractivity contribution in [2.45, 2.75) is 37.0 Å². The molecule has 0 spiro atoms. The van der Waals surface area contributed by atoms with Crippen LogP contribution in [0.5, 0.6) is 0 Å². The van der Waals surface area contributed by atoms with Crippen molar-refractivity contribution < 1.29 is 43.9 Å². The molecule has 0 radical (unpaired) electrons. The number of aryl methyl sites for hydroxylation is 2. The third kappa shape index (κ3) is 6.70. The van der Waals surface area contributed by atoms with E-state index >= 15 is 8.78 Å². The van der Waals surface area contributed by atoms with Crippen LogP contribution in [0.25, 0.3) is 33.4 Å². The van der Waals surface area contributed by atoms with Gasteiger partial charge in [0, 0.05) is 43.0 Å². The van der Waals surface area contributed by atoms with Crippen molar-refractivity contribution in [1.29, 1.82) is 0 Å². The fourth-order valence-corrected chi connectivity index (χ4v) is 8.25. The van der Waals surface area contributed by atoms with E-state index in [4.69, 9.17) is 16.6 Å². The lowest BCUT2D eigenvalue weighted by Crippen LogP contribution is -2.36. The van der Waals surface area contributed by atoms with Crippen LogP contribution < -0.4 is 10.0 Å². The zero-order valence-corrected chi connectivity index (χ0v) is 31.7. The van der Waals surface area contributed by atoms with Crippen molar-refractivity contribution in [2.24, 2.45) is 20.0 Å². The Morgan fingerprint density at radius 3 is 2.33 bits per heavy atom. The van der Waals surface area contributed by atoms with E-state index in [0.717, 1.165) is 18.4 Å². The number of nitrogens with one attached hydrogen (secondary N) is 2. The number of hydrogen-bond acceptors (Lipinski definition) is 7. The van der Waals surface area contributed by atoms with Gasteiger partial charge in [0.25, 0.3) is 0 Å². The van der Waals surface area contributed by atoms with Gasteiger partial charge in [0.05, 0.1) is 51.2 Å². The van der Waals surface area contributed by atoms with Gasteiger partial charge in [-0.2, -0.15) is 37.2 Å². The van der Waals surface area contributed by atoms with Crippen LogP contribution in [0.2, 0.25) is 5.02 Å². The molecule has 58 heavy (non-hydrogen) atoms. The summed E-state index contributed by atoms with van der Waals surface area (Å²) >= 11 is 6.59. The van der Waals surface area contributed by atoms with Crippen molar-refractivity contribution >= 4 is 44.3 Å². The van der Waals surface area contributed by atoms with Crippen LogP contribution >= 0.6 is 11.6 Å². The number of anilines is 1. The van der Waals surface area contributed by atoms with Crippen LogP contribution in [-0.2, 0) is 54.0 Å². The molecule has 2 aliphatic carbocycles. The number of nitrogens with zero attached hydrogens (tertiary/aromatic N) is 7. The van der Waals surface area contributed by atoms with E-state index in [1.165, 1.54) is 28.7 Å². The Labute approximate surface area is 329 Å². The van der Waals surface area contributed by atoms with Crippen molar-refractivity contribution in [3.63, 3.8) is 0 Å². The molecule has 6 aromatic rings. The SMILES string of the molecule is Cn1nccc1-c1ccc(-c2ccc(Cl)c3c(NS(C)(=O)=O)nn(C)c23)c([C@H](Cc2cc(F)cc(F)c2)NC(=O)Cn2nc(C(F)(F)F)c3c2C(F)(F)[C@@H]2C#C[C@H]32)n1. The minimum absolute atomic E-state index is 0.0162. The molecule has 4 heterocycles. The first kappa shape index (κ1) is 38.9. The molecule has 2 aliphatic rings. The Bertz CT molecular complexity index is 2860. The van der Waals surface area contributed by atoms with Crippen LogP contribution in [0.1, 0.15) is 40.2 Å². The lowest BCUT2D eigenvalue weighted by atomic mass is 9.84. The Morgan fingerprint density at radius 1 is 1.00 bits per heavy atom. The van der Waals surface area contributed by atoms with E-state index in [1.54, 1.807) is 31.3 Å². The molecule has 3 atom stereocenters. The lowest BCUT2D eigenvalue weighted by Gasteiger charge is -2.24. The number of halogens is 8. The summed E-state index contributed by atoms with van der Waals surface area (Å²) < 4.78 is 133. The lowest BCUT2D eigenvalue weighted by molar-refractivity contribution is -0.142. The Morgan fingerprint density at radius 2 is 1.71 bits per heavy atom. The predicted octanol–water partition coefficient (Wildman–Crippen LogP) is 6.48. The summed E-state index contributed by atoms with van der Waals surface area (Å²) in [5.41, 5.74) is -1.72. The Hall–Kier alpha value is -5.94. The molecule has 0 bridgehead atoms. The van der Waals surface area contributed by atoms with Gasteiger partial charge in [-0.3, -0.25) is 23.6 Å². The van der Waals surface area contributed by atoms with E-state index in [2.05, 4.69) is 37.2 Å². The zero-order chi connectivity index (χ0) is 41.6. The quantitative estimate of drug-likeness (QED) is 0.119. The first-order valence-electron chi connectivity index (χ1n) is 17.2. The summed E-state index contributed by atoms with van der Waals surface area (Å²) in [6, 6.07) is 9.19. The van der Waals surface area contributed by atoms with Gasteiger partial charge in [-0.15, -0.1) is 0 Å². The number of alkyl halides is 5. The highest BCUT2D eigenvalue weighted by Crippen LogP contribution is 2.58. The normalized spacial score (nSPS) is 17.3. The second-order valence-corrected chi connectivity index (χ2v) is 16.0. The zero-order valence-electron chi connectivity index (χ0n) is 30.1. The van der Waals surface area contributed by atoms with Gasteiger partial charge >= 0.3 is 12.1 Å². The highest BCUT2D eigenvalue weighted by atomic mass is 35.5. The average Bonchev–Trinajstić information content (AvgIpc) is 3.80. The van der Waals surface area contributed by atoms with E-state index < -0.39 is 81.0 Å². The number of pyridine rings is 1. The van der Waals surface area contributed by atoms with Crippen LogP contribution in [-0.4, -0.2) is 54.9 Å². The summed E-state index contributed by atoms with van der Waals surface area (Å²) in [6.45, 7) is -1.12. The van der Waals surface area contributed by atoms with Crippen molar-refractivity contribution in [3.05, 3.63) is 99.6 Å². The molecule has 8 rings (SSSR count). The van der Waals surface area contributed by atoms with E-state index in [9.17, 15) is 35.2 Å².